The van der Waals surface area contributed by atoms with E-state index in [0.717, 1.165) is 17.7 Å². The van der Waals surface area contributed by atoms with Crippen LogP contribution in [0.15, 0.2) is 6.33 Å². The highest BCUT2D eigenvalue weighted by Crippen LogP contribution is 2.36. The molecule has 0 spiro atoms. The first-order chi connectivity index (χ1) is 10.1. The number of rotatable bonds is 4. The molecule has 21 heavy (non-hydrogen) atoms. The van der Waals surface area contributed by atoms with Crippen LogP contribution in [0.2, 0.25) is 0 Å². The van der Waals surface area contributed by atoms with Gasteiger partial charge < -0.3 is 14.8 Å². The minimum absolute atomic E-state index is 0.274. The van der Waals surface area contributed by atoms with E-state index in [0.29, 0.717) is 12.1 Å². The molecule has 0 aromatic carbocycles. The lowest BCUT2D eigenvalue weighted by molar-refractivity contribution is 0.0251. The maximum Gasteiger partial charge on any atom is 0.149 e. The first-order valence-electron chi connectivity index (χ1n) is 8.40. The van der Waals surface area contributed by atoms with Gasteiger partial charge in [0.15, 0.2) is 0 Å². The third kappa shape index (κ3) is 2.99. The number of aromatic nitrogens is 3. The zero-order valence-electron chi connectivity index (χ0n) is 13.8. The summed E-state index contributed by atoms with van der Waals surface area (Å²) in [7, 11) is 2.02. The molecule has 5 heteroatoms. The van der Waals surface area contributed by atoms with Crippen molar-refractivity contribution < 1.29 is 0 Å². The summed E-state index contributed by atoms with van der Waals surface area (Å²) in [6, 6.07) is 1.59. The molecular formula is C16H29N5. The molecule has 1 N–H and O–H groups in total. The maximum atomic E-state index is 4.26. The van der Waals surface area contributed by atoms with Gasteiger partial charge in [0.2, 0.25) is 0 Å². The number of nitrogens with zero attached hydrogens (tertiary/aromatic N) is 4. The summed E-state index contributed by atoms with van der Waals surface area (Å²) >= 11 is 0. The van der Waals surface area contributed by atoms with Gasteiger partial charge in [0, 0.05) is 32.2 Å². The topological polar surface area (TPSA) is 46.0 Å². The highest BCUT2D eigenvalue weighted by atomic mass is 15.3. The fourth-order valence-electron chi connectivity index (χ4n) is 4.21. The van der Waals surface area contributed by atoms with Gasteiger partial charge in [-0.3, -0.25) is 0 Å². The summed E-state index contributed by atoms with van der Waals surface area (Å²) in [6.45, 7) is 9.36. The quantitative estimate of drug-likeness (QED) is 0.921. The van der Waals surface area contributed by atoms with Gasteiger partial charge in [-0.05, 0) is 45.4 Å². The standard InChI is InChI=1S/C16H29N5/c1-11(2)21-8-13-6-5-7-14(9-21)15(13)18-12(3)16-19-17-10-20(16)4/h10-15,18H,5-9H2,1-4H3. The SMILES string of the molecule is CC(NC1C2CCCC1CN(C(C)C)C2)c1nncn1C. The highest BCUT2D eigenvalue weighted by Gasteiger charge is 2.40. The van der Waals surface area contributed by atoms with Crippen LogP contribution >= 0.6 is 0 Å². The van der Waals surface area contributed by atoms with E-state index >= 15 is 0 Å². The molecule has 2 heterocycles. The van der Waals surface area contributed by atoms with Crippen molar-refractivity contribution in [3.8, 4) is 0 Å². The Balaban J connectivity index is 1.69. The summed E-state index contributed by atoms with van der Waals surface area (Å²) in [5.41, 5.74) is 0. The number of fused-ring (bicyclic) bond motifs is 2. The van der Waals surface area contributed by atoms with E-state index in [1.54, 1.807) is 6.33 Å². The summed E-state index contributed by atoms with van der Waals surface area (Å²) in [5.74, 6) is 2.62. The zero-order valence-corrected chi connectivity index (χ0v) is 13.8. The minimum Gasteiger partial charge on any atom is -0.319 e. The number of piperidine rings is 1. The summed E-state index contributed by atoms with van der Waals surface area (Å²) in [6.07, 6.45) is 5.92. The molecule has 2 fully saturated rings. The molecule has 3 unspecified atom stereocenters. The average Bonchev–Trinajstić information content (AvgIpc) is 2.84. The number of hydrogen-bond acceptors (Lipinski definition) is 4. The Hall–Kier alpha value is -0.940. The molecule has 0 amide bonds. The van der Waals surface area contributed by atoms with E-state index in [4.69, 9.17) is 0 Å². The molecule has 0 radical (unpaired) electrons. The normalized spacial score (nSPS) is 31.6. The van der Waals surface area contributed by atoms with Crippen molar-refractivity contribution in [3.63, 3.8) is 0 Å². The molecule has 1 aliphatic carbocycles. The summed E-state index contributed by atoms with van der Waals surface area (Å²) in [5, 5.41) is 12.1. The summed E-state index contributed by atoms with van der Waals surface area (Å²) in [4.78, 5) is 2.67. The van der Waals surface area contributed by atoms with Crippen molar-refractivity contribution in [3.05, 3.63) is 12.2 Å². The monoisotopic (exact) mass is 291 g/mol. The maximum absolute atomic E-state index is 4.26. The van der Waals surface area contributed by atoms with Gasteiger partial charge in [0.05, 0.1) is 6.04 Å². The van der Waals surface area contributed by atoms with Crippen molar-refractivity contribution in [2.45, 2.75) is 58.2 Å². The summed E-state index contributed by atoms with van der Waals surface area (Å²) < 4.78 is 2.02. The Bertz CT molecular complexity index is 455. The van der Waals surface area contributed by atoms with Crippen LogP contribution in [0.1, 0.15) is 51.9 Å². The molecule has 1 aliphatic heterocycles. The minimum atomic E-state index is 0.274. The fourth-order valence-corrected chi connectivity index (χ4v) is 4.21. The molecule has 2 aliphatic rings. The molecule has 1 aromatic rings. The molecule has 5 nitrogen and oxygen atoms in total. The Kier molecular flexibility index (Phi) is 4.31. The van der Waals surface area contributed by atoms with E-state index in [-0.39, 0.29) is 6.04 Å². The van der Waals surface area contributed by atoms with Crippen LogP contribution in [-0.4, -0.2) is 44.8 Å². The van der Waals surface area contributed by atoms with E-state index in [2.05, 4.69) is 41.2 Å². The van der Waals surface area contributed by atoms with E-state index < -0.39 is 0 Å². The predicted octanol–water partition coefficient (Wildman–Crippen LogP) is 1.97. The number of hydrogen-bond donors (Lipinski definition) is 1. The highest BCUT2D eigenvalue weighted by molar-refractivity contribution is 5.00. The van der Waals surface area contributed by atoms with Gasteiger partial charge in [-0.2, -0.15) is 0 Å². The molecule has 3 atom stereocenters. The lowest BCUT2D eigenvalue weighted by atomic mass is 9.73. The number of aryl methyl sites for hydroxylation is 1. The van der Waals surface area contributed by atoms with Gasteiger partial charge in [0.1, 0.15) is 12.2 Å². The van der Waals surface area contributed by atoms with Crippen LogP contribution in [0.25, 0.3) is 0 Å². The smallest absolute Gasteiger partial charge is 0.149 e. The number of likely N-dealkylation sites (tertiary alicyclic amines) is 1. The predicted molar refractivity (Wildman–Crippen MR) is 83.9 cm³/mol. The van der Waals surface area contributed by atoms with Gasteiger partial charge in [-0.25, -0.2) is 0 Å². The van der Waals surface area contributed by atoms with Crippen molar-refractivity contribution in [1.82, 2.24) is 25.0 Å². The van der Waals surface area contributed by atoms with Crippen LogP contribution < -0.4 is 5.32 Å². The molecule has 118 valence electrons. The second-order valence-electron chi connectivity index (χ2n) is 7.21. The van der Waals surface area contributed by atoms with Gasteiger partial charge in [0.25, 0.3) is 0 Å². The second kappa shape index (κ2) is 6.05. The molecule has 2 bridgehead atoms. The Morgan fingerprint density at radius 1 is 1.19 bits per heavy atom. The van der Waals surface area contributed by atoms with Crippen LogP contribution in [0.4, 0.5) is 0 Å². The first-order valence-corrected chi connectivity index (χ1v) is 8.40. The van der Waals surface area contributed by atoms with Gasteiger partial charge in [-0.15, -0.1) is 10.2 Å². The van der Waals surface area contributed by atoms with E-state index in [1.807, 2.05) is 11.6 Å². The van der Waals surface area contributed by atoms with Crippen molar-refractivity contribution in [1.29, 1.82) is 0 Å². The van der Waals surface area contributed by atoms with Gasteiger partial charge in [-0.1, -0.05) is 6.42 Å². The Morgan fingerprint density at radius 3 is 2.38 bits per heavy atom. The third-order valence-electron chi connectivity index (χ3n) is 5.41. The fraction of sp³-hybridized carbons (Fsp3) is 0.875. The largest absolute Gasteiger partial charge is 0.319 e. The lowest BCUT2D eigenvalue weighted by Crippen LogP contribution is -2.58. The van der Waals surface area contributed by atoms with Crippen LogP contribution in [-0.2, 0) is 7.05 Å². The van der Waals surface area contributed by atoms with E-state index in [9.17, 15) is 0 Å². The van der Waals surface area contributed by atoms with Crippen molar-refractivity contribution in [2.24, 2.45) is 18.9 Å². The third-order valence-corrected chi connectivity index (χ3v) is 5.41. The van der Waals surface area contributed by atoms with Crippen LogP contribution in [0.5, 0.6) is 0 Å². The Labute approximate surface area is 128 Å². The molecule has 1 aromatic heterocycles. The zero-order chi connectivity index (χ0) is 15.0. The van der Waals surface area contributed by atoms with Crippen LogP contribution in [0, 0.1) is 11.8 Å². The lowest BCUT2D eigenvalue weighted by Gasteiger charge is -2.49. The second-order valence-corrected chi connectivity index (χ2v) is 7.21. The van der Waals surface area contributed by atoms with E-state index in [1.165, 1.54) is 32.4 Å². The molecule has 1 saturated heterocycles. The first kappa shape index (κ1) is 15.0. The molecule has 1 saturated carbocycles. The average molecular weight is 291 g/mol. The Morgan fingerprint density at radius 2 is 1.86 bits per heavy atom. The molecule has 3 rings (SSSR count). The van der Waals surface area contributed by atoms with Crippen molar-refractivity contribution in [2.75, 3.05) is 13.1 Å². The number of nitrogens with one attached hydrogen (secondary N) is 1. The van der Waals surface area contributed by atoms with Gasteiger partial charge >= 0.3 is 0 Å². The van der Waals surface area contributed by atoms with Crippen LogP contribution in [0.3, 0.4) is 0 Å². The molecular weight excluding hydrogens is 262 g/mol. The van der Waals surface area contributed by atoms with Crippen molar-refractivity contribution >= 4 is 0 Å².